The molecule has 186 valence electrons. The Kier molecular flexibility index (Phi) is 9.09. The maximum Gasteiger partial charge on any atom is 0.209 e. The molecular formula is C23H32N10OS. The van der Waals surface area contributed by atoms with E-state index in [2.05, 4.69) is 65.7 Å². The van der Waals surface area contributed by atoms with Crippen molar-refractivity contribution in [1.29, 1.82) is 0 Å². The van der Waals surface area contributed by atoms with Gasteiger partial charge >= 0.3 is 0 Å². The zero-order valence-electron chi connectivity index (χ0n) is 20.5. The Bertz CT molecular complexity index is 1110. The Morgan fingerprint density at radius 2 is 2.00 bits per heavy atom. The number of thioether (sulfide) groups is 1. The van der Waals surface area contributed by atoms with Crippen LogP contribution in [0.2, 0.25) is 0 Å². The summed E-state index contributed by atoms with van der Waals surface area (Å²) < 4.78 is 7.34. The molecule has 1 aliphatic rings. The first-order valence-corrected chi connectivity index (χ1v) is 12.7. The molecule has 0 amide bonds. The van der Waals surface area contributed by atoms with Gasteiger partial charge < -0.3 is 14.5 Å². The molecule has 35 heavy (non-hydrogen) atoms. The number of rotatable bonds is 11. The van der Waals surface area contributed by atoms with Gasteiger partial charge in [-0.3, -0.25) is 0 Å². The molecular weight excluding hydrogens is 464 g/mol. The van der Waals surface area contributed by atoms with Crippen molar-refractivity contribution in [3.05, 3.63) is 47.3 Å². The molecule has 0 atom stereocenters. The number of nitrogens with zero attached hydrogens (tertiary/aromatic N) is 10. The number of azo groups is 1. The fourth-order valence-corrected chi connectivity index (χ4v) is 4.39. The molecule has 0 N–H and O–H groups in total. The van der Waals surface area contributed by atoms with Crippen molar-refractivity contribution in [2.45, 2.75) is 31.6 Å². The van der Waals surface area contributed by atoms with E-state index in [0.29, 0.717) is 32.0 Å². The maximum absolute atomic E-state index is 5.50. The Morgan fingerprint density at radius 1 is 1.14 bits per heavy atom. The van der Waals surface area contributed by atoms with E-state index < -0.39 is 0 Å². The van der Waals surface area contributed by atoms with Gasteiger partial charge in [-0.1, -0.05) is 41.6 Å². The SMILES string of the molecule is Cc1cccc(CN=Nc2cc(N3CCOCC3)nc(CCSc3nnnn3CCN(C)C)n2)c1. The number of morpholine rings is 1. The summed E-state index contributed by atoms with van der Waals surface area (Å²) >= 11 is 1.60. The molecule has 0 saturated carbocycles. The van der Waals surface area contributed by atoms with Crippen LogP contribution in [-0.4, -0.2) is 87.8 Å². The lowest BCUT2D eigenvalue weighted by Crippen LogP contribution is -2.36. The third-order valence-corrected chi connectivity index (χ3v) is 6.36. The van der Waals surface area contributed by atoms with Gasteiger partial charge in [0.05, 0.1) is 26.3 Å². The van der Waals surface area contributed by atoms with Gasteiger partial charge in [-0.15, -0.1) is 10.2 Å². The van der Waals surface area contributed by atoms with Crippen LogP contribution in [0.15, 0.2) is 45.7 Å². The summed E-state index contributed by atoms with van der Waals surface area (Å²) in [5.74, 6) is 2.93. The molecule has 0 bridgehead atoms. The maximum atomic E-state index is 5.50. The second kappa shape index (κ2) is 12.7. The number of tetrazole rings is 1. The van der Waals surface area contributed by atoms with Crippen molar-refractivity contribution in [1.82, 2.24) is 35.1 Å². The van der Waals surface area contributed by atoms with Gasteiger partial charge in [-0.25, -0.2) is 14.6 Å². The Morgan fingerprint density at radius 3 is 2.80 bits per heavy atom. The zero-order valence-corrected chi connectivity index (χ0v) is 21.4. The lowest BCUT2D eigenvalue weighted by atomic mass is 10.1. The quantitative estimate of drug-likeness (QED) is 0.292. The molecule has 0 aliphatic carbocycles. The van der Waals surface area contributed by atoms with E-state index >= 15 is 0 Å². The average molecular weight is 497 g/mol. The highest BCUT2D eigenvalue weighted by atomic mass is 32.2. The van der Waals surface area contributed by atoms with Gasteiger partial charge in [0.15, 0.2) is 5.82 Å². The second-order valence-corrected chi connectivity index (χ2v) is 9.64. The van der Waals surface area contributed by atoms with Crippen LogP contribution in [0, 0.1) is 6.92 Å². The molecule has 12 heteroatoms. The van der Waals surface area contributed by atoms with Crippen molar-refractivity contribution in [2.75, 3.05) is 57.6 Å². The van der Waals surface area contributed by atoms with Crippen LogP contribution in [0.25, 0.3) is 0 Å². The molecule has 1 aromatic carbocycles. The summed E-state index contributed by atoms with van der Waals surface area (Å²) in [5, 5.41) is 21.7. The van der Waals surface area contributed by atoms with Crippen LogP contribution >= 0.6 is 11.8 Å². The first-order chi connectivity index (χ1) is 17.1. The third-order valence-electron chi connectivity index (χ3n) is 5.40. The minimum absolute atomic E-state index is 0.513. The monoisotopic (exact) mass is 496 g/mol. The van der Waals surface area contributed by atoms with E-state index in [4.69, 9.17) is 9.72 Å². The van der Waals surface area contributed by atoms with Crippen LogP contribution < -0.4 is 4.90 Å². The van der Waals surface area contributed by atoms with E-state index in [1.165, 1.54) is 5.56 Å². The summed E-state index contributed by atoms with van der Waals surface area (Å²) in [6.45, 7) is 7.18. The Balaban J connectivity index is 1.43. The molecule has 0 spiro atoms. The average Bonchev–Trinajstić information content (AvgIpc) is 3.30. The predicted octanol–water partition coefficient (Wildman–Crippen LogP) is 2.79. The third kappa shape index (κ3) is 7.77. The van der Waals surface area contributed by atoms with Crippen molar-refractivity contribution >= 4 is 23.4 Å². The topological polar surface area (TPSA) is 110 Å². The summed E-state index contributed by atoms with van der Waals surface area (Å²) in [6, 6.07) is 10.2. The van der Waals surface area contributed by atoms with Crippen LogP contribution in [0.5, 0.6) is 0 Å². The summed E-state index contributed by atoms with van der Waals surface area (Å²) in [6.07, 6.45) is 0.670. The molecule has 1 saturated heterocycles. The highest BCUT2D eigenvalue weighted by molar-refractivity contribution is 7.99. The minimum Gasteiger partial charge on any atom is -0.378 e. The van der Waals surface area contributed by atoms with Gasteiger partial charge in [0.25, 0.3) is 0 Å². The molecule has 2 aromatic heterocycles. The number of benzene rings is 1. The van der Waals surface area contributed by atoms with Crippen LogP contribution in [-0.2, 0) is 24.2 Å². The lowest BCUT2D eigenvalue weighted by molar-refractivity contribution is 0.122. The van der Waals surface area contributed by atoms with Crippen LogP contribution in [0.4, 0.5) is 11.6 Å². The van der Waals surface area contributed by atoms with Gasteiger partial charge in [0, 0.05) is 37.9 Å². The van der Waals surface area contributed by atoms with E-state index in [1.807, 2.05) is 30.9 Å². The minimum atomic E-state index is 0.513. The number of ether oxygens (including phenoxy) is 1. The van der Waals surface area contributed by atoms with E-state index in [9.17, 15) is 0 Å². The van der Waals surface area contributed by atoms with Crippen molar-refractivity contribution < 1.29 is 4.74 Å². The number of aryl methyl sites for hydroxylation is 2. The molecule has 3 aromatic rings. The normalized spacial score (nSPS) is 14.3. The Hall–Kier alpha value is -2.96. The smallest absolute Gasteiger partial charge is 0.209 e. The lowest BCUT2D eigenvalue weighted by Gasteiger charge is -2.28. The molecule has 11 nitrogen and oxygen atoms in total. The molecule has 0 unspecified atom stereocenters. The van der Waals surface area contributed by atoms with Crippen molar-refractivity contribution in [3.8, 4) is 0 Å². The van der Waals surface area contributed by atoms with Gasteiger partial charge in [-0.2, -0.15) is 5.11 Å². The molecule has 3 heterocycles. The number of likely N-dealkylation sites (N-methyl/N-ethyl adjacent to an activating group) is 1. The second-order valence-electron chi connectivity index (χ2n) is 8.57. The first-order valence-electron chi connectivity index (χ1n) is 11.7. The predicted molar refractivity (Wildman–Crippen MR) is 135 cm³/mol. The highest BCUT2D eigenvalue weighted by Gasteiger charge is 2.16. The van der Waals surface area contributed by atoms with Crippen molar-refractivity contribution in [3.63, 3.8) is 0 Å². The first kappa shape index (κ1) is 25.1. The van der Waals surface area contributed by atoms with Crippen LogP contribution in [0.3, 0.4) is 0 Å². The van der Waals surface area contributed by atoms with E-state index in [0.717, 1.165) is 54.3 Å². The summed E-state index contributed by atoms with van der Waals surface area (Å²) in [4.78, 5) is 13.8. The van der Waals surface area contributed by atoms with E-state index in [-0.39, 0.29) is 0 Å². The molecule has 0 radical (unpaired) electrons. The largest absolute Gasteiger partial charge is 0.378 e. The summed E-state index contributed by atoms with van der Waals surface area (Å²) in [7, 11) is 4.07. The highest BCUT2D eigenvalue weighted by Crippen LogP contribution is 2.22. The van der Waals surface area contributed by atoms with Gasteiger partial charge in [0.1, 0.15) is 11.6 Å². The summed E-state index contributed by atoms with van der Waals surface area (Å²) in [5.41, 5.74) is 2.33. The fraction of sp³-hybridized carbons (Fsp3) is 0.522. The number of anilines is 1. The van der Waals surface area contributed by atoms with Crippen molar-refractivity contribution in [2.24, 2.45) is 10.2 Å². The van der Waals surface area contributed by atoms with E-state index in [1.54, 1.807) is 11.8 Å². The number of hydrogen-bond donors (Lipinski definition) is 0. The molecule has 1 aliphatic heterocycles. The van der Waals surface area contributed by atoms with Gasteiger partial charge in [-0.05, 0) is 37.0 Å². The zero-order chi connectivity index (χ0) is 24.5. The Labute approximate surface area is 210 Å². The van der Waals surface area contributed by atoms with Gasteiger partial charge in [0.2, 0.25) is 5.16 Å². The molecule has 1 fully saturated rings. The fourth-order valence-electron chi connectivity index (χ4n) is 3.56. The van der Waals surface area contributed by atoms with Crippen LogP contribution in [0.1, 0.15) is 17.0 Å². The number of aromatic nitrogens is 6. The number of hydrogen-bond acceptors (Lipinski definition) is 11. The molecule has 4 rings (SSSR count). The standard InChI is InChI=1S/C23H32N10OS/c1-18-5-4-6-19(15-18)17-24-27-21-16-22(32-10-12-34-13-11-32)26-20(25-21)7-14-35-23-28-29-30-33(23)9-8-31(2)3/h4-6,15-16H,7-14,17H2,1-3H3.